The molecule has 0 aliphatic carbocycles. The van der Waals surface area contributed by atoms with Gasteiger partial charge in [0.15, 0.2) is 11.8 Å². The van der Waals surface area contributed by atoms with Crippen LogP contribution in [-0.2, 0) is 19.0 Å². The smallest absolute Gasteiger partial charge is 0.408 e. The molecule has 8 nitrogen and oxygen atoms in total. The van der Waals surface area contributed by atoms with E-state index in [1.807, 2.05) is 13.8 Å². The van der Waals surface area contributed by atoms with Gasteiger partial charge in [-0.3, -0.25) is 0 Å². The van der Waals surface area contributed by atoms with Gasteiger partial charge >= 0.3 is 12.1 Å². The lowest BCUT2D eigenvalue weighted by Crippen LogP contribution is -2.38. The van der Waals surface area contributed by atoms with Gasteiger partial charge in [-0.2, -0.15) is 0 Å². The zero-order chi connectivity index (χ0) is 20.2. The molecule has 1 amide bonds. The third kappa shape index (κ3) is 6.73. The van der Waals surface area contributed by atoms with Gasteiger partial charge < -0.3 is 29.4 Å². The Morgan fingerprint density at radius 1 is 1.30 bits per heavy atom. The van der Waals surface area contributed by atoms with Crippen LogP contribution in [0.15, 0.2) is 24.3 Å². The standard InChI is InChI=1S/C19H27NO7/c1-18(2,3)27-17(23)20-15(16(21)22)12-6-8-13(9-7-12)24-10-14-11-25-19(4,5)26-14/h6-9,14-15H,10-11H2,1-5H3,(H,20,23)(H,21,22)/t14?,15-/m1/s1. The van der Waals surface area contributed by atoms with E-state index in [-0.39, 0.29) is 6.10 Å². The minimum atomic E-state index is -1.22. The van der Waals surface area contributed by atoms with Crippen molar-refractivity contribution < 1.29 is 33.6 Å². The highest BCUT2D eigenvalue weighted by Crippen LogP contribution is 2.24. The lowest BCUT2D eigenvalue weighted by Gasteiger charge is -2.22. The van der Waals surface area contributed by atoms with E-state index >= 15 is 0 Å². The number of aliphatic carboxylic acids is 1. The summed E-state index contributed by atoms with van der Waals surface area (Å²) >= 11 is 0. The van der Waals surface area contributed by atoms with Gasteiger partial charge in [-0.05, 0) is 52.3 Å². The first-order valence-electron chi connectivity index (χ1n) is 8.72. The second-order valence-electron chi connectivity index (χ2n) is 7.75. The summed E-state index contributed by atoms with van der Waals surface area (Å²) in [6.07, 6.45) is -0.962. The summed E-state index contributed by atoms with van der Waals surface area (Å²) in [5.74, 6) is -1.23. The molecule has 0 bridgehead atoms. The molecular formula is C19H27NO7. The Balaban J connectivity index is 1.94. The molecule has 1 aliphatic rings. The minimum absolute atomic E-state index is 0.166. The van der Waals surface area contributed by atoms with Crippen LogP contribution in [0.5, 0.6) is 5.75 Å². The number of benzene rings is 1. The zero-order valence-electron chi connectivity index (χ0n) is 16.3. The molecule has 2 N–H and O–H groups in total. The van der Waals surface area contributed by atoms with Gasteiger partial charge in [0.1, 0.15) is 24.1 Å². The Morgan fingerprint density at radius 3 is 2.41 bits per heavy atom. The van der Waals surface area contributed by atoms with E-state index in [9.17, 15) is 14.7 Å². The maximum Gasteiger partial charge on any atom is 0.408 e. The third-order valence-electron chi connectivity index (χ3n) is 3.62. The molecule has 2 rings (SSSR count). The molecule has 150 valence electrons. The fraction of sp³-hybridized carbons (Fsp3) is 0.579. The first-order valence-corrected chi connectivity index (χ1v) is 8.72. The molecule has 2 atom stereocenters. The van der Waals surface area contributed by atoms with Gasteiger partial charge in [-0.15, -0.1) is 0 Å². The van der Waals surface area contributed by atoms with Crippen LogP contribution in [0.1, 0.15) is 46.2 Å². The summed E-state index contributed by atoms with van der Waals surface area (Å²) in [6, 6.07) is 5.23. The van der Waals surface area contributed by atoms with Crippen molar-refractivity contribution in [1.82, 2.24) is 5.32 Å². The molecular weight excluding hydrogens is 354 g/mol. The van der Waals surface area contributed by atoms with Gasteiger partial charge in [0, 0.05) is 0 Å². The number of carbonyl (C=O) groups is 2. The van der Waals surface area contributed by atoms with Crippen molar-refractivity contribution in [2.45, 2.75) is 58.2 Å². The Morgan fingerprint density at radius 2 is 1.93 bits per heavy atom. The van der Waals surface area contributed by atoms with E-state index in [4.69, 9.17) is 18.9 Å². The number of nitrogens with one attached hydrogen (secondary N) is 1. The summed E-state index contributed by atoms with van der Waals surface area (Å²) in [7, 11) is 0. The van der Waals surface area contributed by atoms with Gasteiger partial charge in [0.25, 0.3) is 0 Å². The Hall–Kier alpha value is -2.32. The number of carboxylic acids is 1. The summed E-state index contributed by atoms with van der Waals surface area (Å²) in [5.41, 5.74) is -0.312. The number of rotatable bonds is 6. The van der Waals surface area contributed by atoms with Crippen LogP contribution in [-0.4, -0.2) is 47.9 Å². The summed E-state index contributed by atoms with van der Waals surface area (Å²) in [6.45, 7) is 9.56. The lowest BCUT2D eigenvalue weighted by atomic mass is 10.1. The summed E-state index contributed by atoms with van der Waals surface area (Å²) < 4.78 is 21.9. The Labute approximate surface area is 158 Å². The molecule has 0 saturated carbocycles. The lowest BCUT2D eigenvalue weighted by molar-refractivity contribution is -0.141. The molecule has 1 aromatic rings. The van der Waals surface area contributed by atoms with E-state index in [0.29, 0.717) is 24.5 Å². The van der Waals surface area contributed by atoms with Crippen molar-refractivity contribution in [3.63, 3.8) is 0 Å². The molecule has 8 heteroatoms. The van der Waals surface area contributed by atoms with Crippen molar-refractivity contribution in [3.05, 3.63) is 29.8 Å². The van der Waals surface area contributed by atoms with Gasteiger partial charge in [-0.25, -0.2) is 9.59 Å². The van der Waals surface area contributed by atoms with Crippen molar-refractivity contribution in [2.75, 3.05) is 13.2 Å². The molecule has 1 unspecified atom stereocenters. The fourth-order valence-electron chi connectivity index (χ4n) is 2.50. The third-order valence-corrected chi connectivity index (χ3v) is 3.62. The Kier molecular flexibility index (Phi) is 6.33. The highest BCUT2D eigenvalue weighted by molar-refractivity contribution is 5.81. The van der Waals surface area contributed by atoms with Crippen LogP contribution >= 0.6 is 0 Å². The van der Waals surface area contributed by atoms with Gasteiger partial charge in [0.2, 0.25) is 0 Å². The topological polar surface area (TPSA) is 103 Å². The Bertz CT molecular complexity index is 664. The van der Waals surface area contributed by atoms with Crippen molar-refractivity contribution in [3.8, 4) is 5.75 Å². The van der Waals surface area contributed by atoms with E-state index in [1.54, 1.807) is 45.0 Å². The quantitative estimate of drug-likeness (QED) is 0.781. The predicted molar refractivity (Wildman–Crippen MR) is 96.6 cm³/mol. The first kappa shape index (κ1) is 21.0. The normalized spacial score (nSPS) is 20.0. The maximum absolute atomic E-state index is 11.9. The number of ether oxygens (including phenoxy) is 4. The molecule has 1 aliphatic heterocycles. The second-order valence-corrected chi connectivity index (χ2v) is 7.75. The molecule has 0 spiro atoms. The van der Waals surface area contributed by atoms with Crippen molar-refractivity contribution in [1.29, 1.82) is 0 Å². The van der Waals surface area contributed by atoms with E-state index < -0.39 is 29.5 Å². The van der Waals surface area contributed by atoms with Crippen molar-refractivity contribution in [2.24, 2.45) is 0 Å². The molecule has 0 aromatic heterocycles. The maximum atomic E-state index is 11.9. The van der Waals surface area contributed by atoms with Gasteiger partial charge in [0.05, 0.1) is 6.61 Å². The molecule has 1 heterocycles. The van der Waals surface area contributed by atoms with E-state index in [1.165, 1.54) is 0 Å². The highest BCUT2D eigenvalue weighted by atomic mass is 16.7. The van der Waals surface area contributed by atoms with Crippen LogP contribution in [0.3, 0.4) is 0 Å². The monoisotopic (exact) mass is 381 g/mol. The fourth-order valence-corrected chi connectivity index (χ4v) is 2.50. The number of amides is 1. The molecule has 0 radical (unpaired) electrons. The molecule has 1 fully saturated rings. The minimum Gasteiger partial charge on any atom is -0.491 e. The average Bonchev–Trinajstić information content (AvgIpc) is 2.88. The highest BCUT2D eigenvalue weighted by Gasteiger charge is 2.33. The van der Waals surface area contributed by atoms with Crippen LogP contribution in [0.2, 0.25) is 0 Å². The van der Waals surface area contributed by atoms with Crippen LogP contribution in [0.4, 0.5) is 4.79 Å². The van der Waals surface area contributed by atoms with Crippen LogP contribution in [0, 0.1) is 0 Å². The van der Waals surface area contributed by atoms with Crippen molar-refractivity contribution >= 4 is 12.1 Å². The van der Waals surface area contributed by atoms with Crippen LogP contribution in [0.25, 0.3) is 0 Å². The number of hydrogen-bond donors (Lipinski definition) is 2. The largest absolute Gasteiger partial charge is 0.491 e. The van der Waals surface area contributed by atoms with Gasteiger partial charge in [-0.1, -0.05) is 12.1 Å². The predicted octanol–water partition coefficient (Wildman–Crippen LogP) is 2.87. The number of carbonyl (C=O) groups excluding carboxylic acids is 1. The number of alkyl carbamates (subject to hydrolysis) is 1. The van der Waals surface area contributed by atoms with E-state index in [2.05, 4.69) is 5.32 Å². The number of hydrogen-bond acceptors (Lipinski definition) is 6. The zero-order valence-corrected chi connectivity index (χ0v) is 16.3. The first-order chi connectivity index (χ1) is 12.5. The van der Waals surface area contributed by atoms with Crippen LogP contribution < -0.4 is 10.1 Å². The SMILES string of the molecule is CC(C)(C)OC(=O)N[C@@H](C(=O)O)c1ccc(OCC2COC(C)(C)O2)cc1. The molecule has 1 aromatic carbocycles. The second kappa shape index (κ2) is 8.14. The number of carboxylic acid groups (broad SMARTS) is 1. The molecule has 1 saturated heterocycles. The van der Waals surface area contributed by atoms with E-state index in [0.717, 1.165) is 0 Å². The average molecular weight is 381 g/mol. The summed E-state index contributed by atoms with van der Waals surface area (Å²) in [4.78, 5) is 23.4. The summed E-state index contributed by atoms with van der Waals surface area (Å²) in [5, 5.41) is 11.8. The molecule has 27 heavy (non-hydrogen) atoms.